The molecule has 36 heavy (non-hydrogen) atoms. The molecule has 0 amide bonds. The Kier molecular flexibility index (Phi) is 7.43. The Morgan fingerprint density at radius 2 is 1.75 bits per heavy atom. The molecule has 2 aromatic heterocycles. The van der Waals surface area contributed by atoms with Crippen molar-refractivity contribution in [1.82, 2.24) is 15.0 Å². The van der Waals surface area contributed by atoms with Crippen molar-refractivity contribution in [2.45, 2.75) is 25.2 Å². The zero-order valence-electron chi connectivity index (χ0n) is 18.7. The zero-order chi connectivity index (χ0) is 25.9. The Morgan fingerprint density at radius 3 is 2.39 bits per heavy atom. The van der Waals surface area contributed by atoms with Crippen molar-refractivity contribution in [2.75, 3.05) is 6.73 Å². The summed E-state index contributed by atoms with van der Waals surface area (Å²) in [6.07, 6.45) is 0.332. The minimum Gasteiger partial charge on any atom is -0.356 e. The van der Waals surface area contributed by atoms with Gasteiger partial charge in [-0.25, -0.2) is 9.55 Å². The van der Waals surface area contributed by atoms with Gasteiger partial charge in [0, 0.05) is 36.4 Å². The molecule has 1 aliphatic heterocycles. The van der Waals surface area contributed by atoms with E-state index in [1.54, 1.807) is 24.3 Å². The lowest BCUT2D eigenvalue weighted by atomic mass is 10.0. The topological polar surface area (TPSA) is 135 Å². The smallest absolute Gasteiger partial charge is 0.356 e. The average molecular weight is 522 g/mol. The third kappa shape index (κ3) is 6.68. The number of nitrogens with zero attached hydrogens (tertiary/aromatic N) is 3. The number of phosphoric ester groups is 1. The molecule has 1 aromatic carbocycles. The Labute approximate surface area is 203 Å². The molecule has 190 valence electrons. The van der Waals surface area contributed by atoms with Gasteiger partial charge in [-0.05, 0) is 29.3 Å². The molecule has 0 fully saturated rings. The summed E-state index contributed by atoms with van der Waals surface area (Å²) in [5.74, 6) is 0.398. The van der Waals surface area contributed by atoms with Gasteiger partial charge in [-0.2, -0.15) is 13.2 Å². The molecule has 0 bridgehead atoms. The van der Waals surface area contributed by atoms with Crippen molar-refractivity contribution in [1.29, 1.82) is 0 Å². The Morgan fingerprint density at radius 1 is 1.08 bits per heavy atom. The number of nitrogens with two attached hydrogens (primary N) is 1. The molecule has 3 heterocycles. The van der Waals surface area contributed by atoms with Crippen LogP contribution in [0.3, 0.4) is 0 Å². The molecular weight excluding hydrogens is 500 g/mol. The molecule has 0 saturated carbocycles. The van der Waals surface area contributed by atoms with E-state index in [9.17, 15) is 17.7 Å². The first-order valence-electron chi connectivity index (χ1n) is 10.6. The second kappa shape index (κ2) is 10.4. The SMILES string of the molecule is NC1C(c2cc(Cc3ccc(Cc4cccc(C(F)(F)F)n4)cc3)no2)=CC=CN1COP(=O)(O)O. The van der Waals surface area contributed by atoms with Crippen LogP contribution in [0.5, 0.6) is 0 Å². The van der Waals surface area contributed by atoms with Gasteiger partial charge >= 0.3 is 14.0 Å². The molecule has 0 spiro atoms. The fourth-order valence-electron chi connectivity index (χ4n) is 3.58. The van der Waals surface area contributed by atoms with Crippen molar-refractivity contribution in [3.8, 4) is 0 Å². The third-order valence-electron chi connectivity index (χ3n) is 5.34. The van der Waals surface area contributed by atoms with E-state index in [4.69, 9.17) is 20.0 Å². The Hall–Kier alpha value is -3.28. The predicted octanol–water partition coefficient (Wildman–Crippen LogP) is 3.83. The molecule has 4 N–H and O–H groups in total. The molecule has 3 aromatic rings. The molecule has 4 rings (SSSR count). The van der Waals surface area contributed by atoms with Crippen LogP contribution < -0.4 is 5.73 Å². The van der Waals surface area contributed by atoms with Gasteiger partial charge in [0.1, 0.15) is 18.6 Å². The van der Waals surface area contributed by atoms with E-state index in [2.05, 4.69) is 14.7 Å². The van der Waals surface area contributed by atoms with Gasteiger partial charge in [0.05, 0.1) is 5.69 Å². The molecule has 1 atom stereocenters. The number of rotatable bonds is 8. The van der Waals surface area contributed by atoms with E-state index in [0.717, 1.165) is 17.2 Å². The first-order valence-corrected chi connectivity index (χ1v) is 12.2. The van der Waals surface area contributed by atoms with Gasteiger partial charge < -0.3 is 24.9 Å². The summed E-state index contributed by atoms with van der Waals surface area (Å²) < 4.78 is 59.5. The summed E-state index contributed by atoms with van der Waals surface area (Å²) in [4.78, 5) is 22.9. The van der Waals surface area contributed by atoms with Crippen LogP contribution in [0.2, 0.25) is 0 Å². The van der Waals surface area contributed by atoms with Crippen molar-refractivity contribution in [3.63, 3.8) is 0 Å². The molecule has 9 nitrogen and oxygen atoms in total. The number of phosphoric acid groups is 1. The number of alkyl halides is 3. The first-order chi connectivity index (χ1) is 17.0. The van der Waals surface area contributed by atoms with E-state index < -0.39 is 32.6 Å². The highest BCUT2D eigenvalue weighted by molar-refractivity contribution is 7.46. The number of aromatic nitrogens is 2. The molecule has 0 radical (unpaired) electrons. The van der Waals surface area contributed by atoms with Crippen LogP contribution in [0, 0.1) is 0 Å². The van der Waals surface area contributed by atoms with Gasteiger partial charge in [0.25, 0.3) is 0 Å². The molecule has 1 unspecified atom stereocenters. The highest BCUT2D eigenvalue weighted by Crippen LogP contribution is 2.36. The van der Waals surface area contributed by atoms with Gasteiger partial charge in [0.15, 0.2) is 5.76 Å². The Balaban J connectivity index is 1.39. The average Bonchev–Trinajstić information content (AvgIpc) is 3.27. The lowest BCUT2D eigenvalue weighted by Crippen LogP contribution is -2.41. The molecule has 0 saturated heterocycles. The van der Waals surface area contributed by atoms with E-state index >= 15 is 0 Å². The van der Waals surface area contributed by atoms with Crippen LogP contribution >= 0.6 is 7.82 Å². The van der Waals surface area contributed by atoms with Crippen LogP contribution in [0.4, 0.5) is 13.2 Å². The van der Waals surface area contributed by atoms with Gasteiger partial charge in [0.2, 0.25) is 0 Å². The second-order valence-corrected chi connectivity index (χ2v) is 9.28. The number of halogens is 3. The summed E-state index contributed by atoms with van der Waals surface area (Å²) in [5.41, 5.74) is 8.48. The maximum atomic E-state index is 12.9. The first kappa shape index (κ1) is 25.8. The lowest BCUT2D eigenvalue weighted by molar-refractivity contribution is -0.141. The normalized spacial score (nSPS) is 16.3. The fraction of sp³-hybridized carbons (Fsp3) is 0.217. The largest absolute Gasteiger partial charge is 0.471 e. The van der Waals surface area contributed by atoms with E-state index in [0.29, 0.717) is 29.1 Å². The van der Waals surface area contributed by atoms with Crippen LogP contribution in [0.25, 0.3) is 5.57 Å². The number of hydrogen-bond acceptors (Lipinski definition) is 7. The summed E-state index contributed by atoms with van der Waals surface area (Å²) in [6, 6.07) is 12.9. The molecule has 13 heteroatoms. The summed E-state index contributed by atoms with van der Waals surface area (Å²) in [7, 11) is -4.65. The zero-order valence-corrected chi connectivity index (χ0v) is 19.6. The predicted molar refractivity (Wildman–Crippen MR) is 123 cm³/mol. The van der Waals surface area contributed by atoms with Crippen LogP contribution in [0.15, 0.2) is 71.4 Å². The summed E-state index contributed by atoms with van der Waals surface area (Å²) >= 11 is 0. The van der Waals surface area contributed by atoms with E-state index in [-0.39, 0.29) is 6.42 Å². The van der Waals surface area contributed by atoms with Gasteiger partial charge in [-0.15, -0.1) is 0 Å². The van der Waals surface area contributed by atoms with Crippen molar-refractivity contribution < 1.29 is 36.6 Å². The summed E-state index contributed by atoms with van der Waals surface area (Å²) in [6.45, 7) is -0.414. The number of benzene rings is 1. The molecule has 1 aliphatic rings. The standard InChI is InChI=1S/C23H22F3N4O5P/c24-23(25,26)21-5-1-3-17(28-21)11-15-6-8-16(9-7-15)12-18-13-20(35-29-18)19-4-2-10-30(22(19)27)14-34-36(31,32)33/h1-10,13,22H,11-12,14,27H2,(H2,31,32,33). The minimum atomic E-state index is -4.65. The summed E-state index contributed by atoms with van der Waals surface area (Å²) in [5, 5.41) is 4.07. The highest BCUT2D eigenvalue weighted by Gasteiger charge is 2.32. The van der Waals surface area contributed by atoms with E-state index in [1.165, 1.54) is 17.2 Å². The van der Waals surface area contributed by atoms with Crippen molar-refractivity contribution in [3.05, 3.63) is 101 Å². The monoisotopic (exact) mass is 522 g/mol. The second-order valence-electron chi connectivity index (χ2n) is 8.04. The van der Waals surface area contributed by atoms with Crippen molar-refractivity contribution in [2.24, 2.45) is 5.73 Å². The third-order valence-corrected chi connectivity index (χ3v) is 5.79. The minimum absolute atomic E-state index is 0.264. The Bertz CT molecular complexity index is 1320. The van der Waals surface area contributed by atoms with Crippen LogP contribution in [0.1, 0.15) is 34.0 Å². The van der Waals surface area contributed by atoms with Gasteiger partial charge in [-0.3, -0.25) is 4.52 Å². The highest BCUT2D eigenvalue weighted by atomic mass is 31.2. The van der Waals surface area contributed by atoms with Crippen LogP contribution in [-0.4, -0.2) is 37.7 Å². The number of hydrogen-bond donors (Lipinski definition) is 3. The number of pyridine rings is 1. The maximum absolute atomic E-state index is 12.9. The van der Waals surface area contributed by atoms with Crippen LogP contribution in [-0.2, 0) is 28.1 Å². The maximum Gasteiger partial charge on any atom is 0.471 e. The quantitative estimate of drug-likeness (QED) is 0.377. The molecular formula is C23H22F3N4O5P. The van der Waals surface area contributed by atoms with Crippen molar-refractivity contribution >= 4 is 13.4 Å². The number of allylic oxidation sites excluding steroid dienone is 2. The van der Waals surface area contributed by atoms with Gasteiger partial charge in [-0.1, -0.05) is 41.6 Å². The lowest BCUT2D eigenvalue weighted by Gasteiger charge is -2.30. The molecule has 0 aliphatic carbocycles. The fourth-order valence-corrected chi connectivity index (χ4v) is 3.86. The van der Waals surface area contributed by atoms with E-state index in [1.807, 2.05) is 24.3 Å².